The van der Waals surface area contributed by atoms with E-state index < -0.39 is 0 Å². The molecule has 0 saturated carbocycles. The fraction of sp³-hybridized carbons (Fsp3) is 0.444. The van der Waals surface area contributed by atoms with Crippen LogP contribution in [0.4, 0.5) is 0 Å². The lowest BCUT2D eigenvalue weighted by Gasteiger charge is -2.08. The second-order valence-electron chi connectivity index (χ2n) is 3.41. The van der Waals surface area contributed by atoms with E-state index in [0.717, 1.165) is 0 Å². The second-order valence-corrected chi connectivity index (χ2v) is 4.42. The molecule has 7 heteroatoms. The summed E-state index contributed by atoms with van der Waals surface area (Å²) in [5.74, 6) is 5.05. The first-order valence-electron chi connectivity index (χ1n) is 4.74. The molecule has 1 aromatic rings. The third-order valence-electron chi connectivity index (χ3n) is 1.91. The monoisotopic (exact) mass is 242 g/mol. The topological polar surface area (TPSA) is 101 Å². The molecule has 1 atom stereocenters. The van der Waals surface area contributed by atoms with Gasteiger partial charge in [-0.15, -0.1) is 0 Å². The van der Waals surface area contributed by atoms with E-state index in [1.165, 1.54) is 17.8 Å². The quantitative estimate of drug-likeness (QED) is 0.223. The van der Waals surface area contributed by atoms with Gasteiger partial charge in [0.2, 0.25) is 5.91 Å². The minimum absolute atomic E-state index is 0.189. The highest BCUT2D eigenvalue weighted by Crippen LogP contribution is 2.15. The molecule has 0 aliphatic carbocycles. The van der Waals surface area contributed by atoms with E-state index in [0.29, 0.717) is 16.6 Å². The summed E-state index contributed by atoms with van der Waals surface area (Å²) in [6.45, 7) is 3.50. The molecule has 0 spiro atoms. The lowest BCUT2D eigenvalue weighted by Crippen LogP contribution is -2.35. The molecule has 0 aliphatic rings. The highest BCUT2D eigenvalue weighted by atomic mass is 32.2. The van der Waals surface area contributed by atoms with Crippen LogP contribution in [0.15, 0.2) is 16.0 Å². The van der Waals surface area contributed by atoms with Crippen molar-refractivity contribution in [2.75, 3.05) is 5.75 Å². The minimum atomic E-state index is -0.235. The summed E-state index contributed by atoms with van der Waals surface area (Å²) >= 11 is 1.32. The zero-order valence-electron chi connectivity index (χ0n) is 9.11. The number of H-pyrrole nitrogens is 1. The van der Waals surface area contributed by atoms with Gasteiger partial charge in [-0.05, 0) is 6.92 Å². The van der Waals surface area contributed by atoms with Crippen LogP contribution in [0.2, 0.25) is 0 Å². The number of aryl methyl sites for hydroxylation is 1. The van der Waals surface area contributed by atoms with Gasteiger partial charge in [-0.3, -0.25) is 15.0 Å². The van der Waals surface area contributed by atoms with Gasteiger partial charge in [0.15, 0.2) is 5.16 Å². The van der Waals surface area contributed by atoms with Crippen LogP contribution >= 0.6 is 11.8 Å². The predicted octanol–water partition coefficient (Wildman–Crippen LogP) is -0.204. The largest absolute Gasteiger partial charge is 0.301 e. The SMILES string of the molecule is Cc1cc(=O)[nH]c(SCC(C)C(=O)NN)n1. The van der Waals surface area contributed by atoms with Crippen LogP contribution < -0.4 is 16.8 Å². The van der Waals surface area contributed by atoms with Gasteiger partial charge in [-0.25, -0.2) is 10.8 Å². The number of rotatable bonds is 4. The number of aromatic nitrogens is 2. The van der Waals surface area contributed by atoms with Crippen molar-refractivity contribution in [2.24, 2.45) is 11.8 Å². The molecule has 16 heavy (non-hydrogen) atoms. The summed E-state index contributed by atoms with van der Waals surface area (Å²) in [7, 11) is 0. The van der Waals surface area contributed by atoms with Gasteiger partial charge >= 0.3 is 0 Å². The highest BCUT2D eigenvalue weighted by molar-refractivity contribution is 7.99. The molecule has 0 bridgehead atoms. The Labute approximate surface area is 97.0 Å². The van der Waals surface area contributed by atoms with Crippen molar-refractivity contribution < 1.29 is 4.79 Å². The van der Waals surface area contributed by atoms with Crippen molar-refractivity contribution in [3.8, 4) is 0 Å². The predicted molar refractivity (Wildman–Crippen MR) is 61.8 cm³/mol. The molecule has 6 nitrogen and oxygen atoms in total. The van der Waals surface area contributed by atoms with Gasteiger partial charge in [0.05, 0.1) is 0 Å². The van der Waals surface area contributed by atoms with Gasteiger partial charge in [-0.2, -0.15) is 0 Å². The molecule has 1 amide bonds. The van der Waals surface area contributed by atoms with Crippen molar-refractivity contribution in [1.29, 1.82) is 0 Å². The van der Waals surface area contributed by atoms with Gasteiger partial charge in [-0.1, -0.05) is 18.7 Å². The van der Waals surface area contributed by atoms with Gasteiger partial charge in [0.1, 0.15) is 0 Å². The molecule has 0 radical (unpaired) electrons. The Morgan fingerprint density at radius 1 is 1.75 bits per heavy atom. The zero-order valence-corrected chi connectivity index (χ0v) is 9.93. The Kier molecular flexibility index (Phi) is 4.51. The Hall–Kier alpha value is -1.34. The van der Waals surface area contributed by atoms with E-state index in [1.54, 1.807) is 13.8 Å². The number of nitrogens with two attached hydrogens (primary N) is 1. The Balaban J connectivity index is 2.61. The van der Waals surface area contributed by atoms with Crippen molar-refractivity contribution in [1.82, 2.24) is 15.4 Å². The van der Waals surface area contributed by atoms with E-state index >= 15 is 0 Å². The number of nitrogens with zero attached hydrogens (tertiary/aromatic N) is 1. The molecule has 1 unspecified atom stereocenters. The molecular formula is C9H14N4O2S. The van der Waals surface area contributed by atoms with E-state index in [2.05, 4.69) is 15.4 Å². The summed E-state index contributed by atoms with van der Waals surface area (Å²) < 4.78 is 0. The van der Waals surface area contributed by atoms with Crippen LogP contribution in [-0.2, 0) is 4.79 Å². The Morgan fingerprint density at radius 2 is 2.44 bits per heavy atom. The second kappa shape index (κ2) is 5.66. The smallest absolute Gasteiger partial charge is 0.251 e. The summed E-state index contributed by atoms with van der Waals surface area (Å²) in [5, 5.41) is 0.515. The standard InChI is InChI=1S/C9H14N4O2S/c1-5(8(15)13-10)4-16-9-11-6(2)3-7(14)12-9/h3,5H,4,10H2,1-2H3,(H,13,15)(H,11,12,14). The van der Waals surface area contributed by atoms with E-state index in [4.69, 9.17) is 5.84 Å². The van der Waals surface area contributed by atoms with Crippen LogP contribution in [0, 0.1) is 12.8 Å². The van der Waals surface area contributed by atoms with Crippen LogP contribution in [0.25, 0.3) is 0 Å². The van der Waals surface area contributed by atoms with E-state index in [-0.39, 0.29) is 17.4 Å². The summed E-state index contributed by atoms with van der Waals surface area (Å²) in [6, 6.07) is 1.42. The molecule has 1 heterocycles. The Morgan fingerprint density at radius 3 is 3.00 bits per heavy atom. The summed E-state index contributed by atoms with van der Waals surface area (Å²) in [6.07, 6.45) is 0. The number of carbonyl (C=O) groups excluding carboxylic acids is 1. The summed E-state index contributed by atoms with van der Waals surface area (Å²) in [5.41, 5.74) is 2.54. The number of carbonyl (C=O) groups is 1. The maximum atomic E-state index is 11.1. The van der Waals surface area contributed by atoms with Crippen molar-refractivity contribution in [3.05, 3.63) is 22.1 Å². The fourth-order valence-electron chi connectivity index (χ4n) is 1.04. The van der Waals surface area contributed by atoms with Crippen molar-refractivity contribution in [2.45, 2.75) is 19.0 Å². The summed E-state index contributed by atoms with van der Waals surface area (Å²) in [4.78, 5) is 29.0. The molecule has 88 valence electrons. The lowest BCUT2D eigenvalue weighted by molar-refractivity contribution is -0.123. The first-order chi connectivity index (χ1) is 7.52. The molecule has 0 aromatic carbocycles. The molecule has 0 fully saturated rings. The van der Waals surface area contributed by atoms with E-state index in [1.807, 2.05) is 0 Å². The Bertz CT molecular complexity index is 432. The molecule has 0 saturated heterocycles. The third-order valence-corrected chi connectivity index (χ3v) is 3.04. The minimum Gasteiger partial charge on any atom is -0.301 e. The molecule has 0 aliphatic heterocycles. The van der Waals surface area contributed by atoms with Gasteiger partial charge < -0.3 is 4.98 Å². The van der Waals surface area contributed by atoms with Crippen LogP contribution in [0.1, 0.15) is 12.6 Å². The van der Waals surface area contributed by atoms with E-state index in [9.17, 15) is 9.59 Å². The van der Waals surface area contributed by atoms with Gasteiger partial charge in [0.25, 0.3) is 5.56 Å². The number of hydrogen-bond donors (Lipinski definition) is 3. The molecular weight excluding hydrogens is 228 g/mol. The number of hydrogen-bond acceptors (Lipinski definition) is 5. The molecule has 1 rings (SSSR count). The normalized spacial score (nSPS) is 12.2. The number of thioether (sulfide) groups is 1. The average Bonchev–Trinajstić information content (AvgIpc) is 2.23. The van der Waals surface area contributed by atoms with Crippen molar-refractivity contribution in [3.63, 3.8) is 0 Å². The average molecular weight is 242 g/mol. The fourth-order valence-corrected chi connectivity index (χ4v) is 1.98. The van der Waals surface area contributed by atoms with Crippen molar-refractivity contribution >= 4 is 17.7 Å². The lowest BCUT2D eigenvalue weighted by atomic mass is 10.2. The van der Waals surface area contributed by atoms with Crippen LogP contribution in [0.3, 0.4) is 0 Å². The zero-order chi connectivity index (χ0) is 12.1. The first-order valence-corrected chi connectivity index (χ1v) is 5.72. The number of amides is 1. The maximum absolute atomic E-state index is 11.1. The third kappa shape index (κ3) is 3.67. The van der Waals surface area contributed by atoms with Crippen LogP contribution in [0.5, 0.6) is 0 Å². The van der Waals surface area contributed by atoms with Gasteiger partial charge in [0, 0.05) is 23.4 Å². The molecule has 4 N–H and O–H groups in total. The molecule has 1 aromatic heterocycles. The number of nitrogens with one attached hydrogen (secondary N) is 2. The highest BCUT2D eigenvalue weighted by Gasteiger charge is 2.12. The van der Waals surface area contributed by atoms with Crippen LogP contribution in [-0.4, -0.2) is 21.6 Å². The number of hydrazine groups is 1. The number of aromatic amines is 1. The first kappa shape index (κ1) is 12.7. The maximum Gasteiger partial charge on any atom is 0.251 e.